The Balaban J connectivity index is 1.92. The van der Waals surface area contributed by atoms with E-state index >= 15 is 0 Å². The summed E-state index contributed by atoms with van der Waals surface area (Å²) in [5, 5.41) is 6.57. The van der Waals surface area contributed by atoms with Gasteiger partial charge in [-0.2, -0.15) is 0 Å². The van der Waals surface area contributed by atoms with Crippen molar-refractivity contribution in [2.24, 2.45) is 11.3 Å². The molecule has 0 aliphatic heterocycles. The third-order valence-electron chi connectivity index (χ3n) is 4.72. The molecule has 0 aromatic heterocycles. The van der Waals surface area contributed by atoms with Gasteiger partial charge in [0.1, 0.15) is 0 Å². The van der Waals surface area contributed by atoms with Gasteiger partial charge in [0.05, 0.1) is 0 Å². The van der Waals surface area contributed by atoms with E-state index in [0.717, 1.165) is 18.2 Å². The highest BCUT2D eigenvalue weighted by Gasteiger charge is 2.33. The van der Waals surface area contributed by atoms with Gasteiger partial charge in [-0.3, -0.25) is 4.79 Å². The normalized spacial score (nSPS) is 22.4. The summed E-state index contributed by atoms with van der Waals surface area (Å²) in [6.45, 7) is 9.52. The van der Waals surface area contributed by atoms with Gasteiger partial charge in [0, 0.05) is 25.2 Å². The summed E-state index contributed by atoms with van der Waals surface area (Å²) in [6.07, 6.45) is 5.33. The van der Waals surface area contributed by atoms with Crippen LogP contribution >= 0.6 is 0 Å². The van der Waals surface area contributed by atoms with Gasteiger partial charge in [0.25, 0.3) is 0 Å². The summed E-state index contributed by atoms with van der Waals surface area (Å²) in [6, 6.07) is 8.74. The van der Waals surface area contributed by atoms with E-state index in [-0.39, 0.29) is 5.91 Å². The summed E-state index contributed by atoms with van der Waals surface area (Å²) >= 11 is 0. The number of hydrogen-bond acceptors (Lipinski definition) is 2. The van der Waals surface area contributed by atoms with Crippen LogP contribution in [0.25, 0.3) is 0 Å². The van der Waals surface area contributed by atoms with Crippen LogP contribution in [-0.4, -0.2) is 11.9 Å². The van der Waals surface area contributed by atoms with Crippen LogP contribution < -0.4 is 10.6 Å². The second kappa shape index (κ2) is 7.28. The van der Waals surface area contributed by atoms with Crippen LogP contribution in [0.3, 0.4) is 0 Å². The lowest BCUT2D eigenvalue weighted by atomic mass is 9.69. The Kier molecular flexibility index (Phi) is 5.63. The maximum absolute atomic E-state index is 11.0. The van der Waals surface area contributed by atoms with Crippen LogP contribution in [0.1, 0.15) is 58.9 Å². The van der Waals surface area contributed by atoms with E-state index in [4.69, 9.17) is 0 Å². The van der Waals surface area contributed by atoms with Crippen molar-refractivity contribution in [1.82, 2.24) is 5.32 Å². The zero-order valence-corrected chi connectivity index (χ0v) is 14.4. The van der Waals surface area contributed by atoms with Crippen molar-refractivity contribution >= 4 is 11.6 Å². The maximum Gasteiger partial charge on any atom is 0.221 e. The first kappa shape index (κ1) is 17.0. The van der Waals surface area contributed by atoms with Crippen molar-refractivity contribution in [2.75, 3.05) is 5.32 Å². The lowest BCUT2D eigenvalue weighted by Gasteiger charge is -2.41. The Labute approximate surface area is 134 Å². The standard InChI is InChI=1S/C19H30N2O/c1-14(22)21-16-11-9-15(10-12-16)13-20-18-8-6-5-7-17(18)19(2,3)4/h9-12,17-18,20H,5-8,13H2,1-4H3,(H,21,22)/t17-,18-/m0/s1. The van der Waals surface area contributed by atoms with Crippen LogP contribution in [0.4, 0.5) is 5.69 Å². The Morgan fingerprint density at radius 3 is 2.36 bits per heavy atom. The third-order valence-corrected chi connectivity index (χ3v) is 4.72. The minimum Gasteiger partial charge on any atom is -0.326 e. The van der Waals surface area contributed by atoms with E-state index in [1.165, 1.54) is 38.2 Å². The van der Waals surface area contributed by atoms with Crippen molar-refractivity contribution in [3.05, 3.63) is 29.8 Å². The van der Waals surface area contributed by atoms with Gasteiger partial charge >= 0.3 is 0 Å². The van der Waals surface area contributed by atoms with Crippen LogP contribution in [-0.2, 0) is 11.3 Å². The molecule has 1 aliphatic rings. The summed E-state index contributed by atoms with van der Waals surface area (Å²) in [5.74, 6) is 0.723. The molecule has 2 atom stereocenters. The highest BCUT2D eigenvalue weighted by atomic mass is 16.1. The molecule has 0 saturated heterocycles. The fourth-order valence-electron chi connectivity index (χ4n) is 3.57. The fourth-order valence-corrected chi connectivity index (χ4v) is 3.57. The molecule has 2 N–H and O–H groups in total. The lowest BCUT2D eigenvalue weighted by Crippen LogP contribution is -2.43. The average Bonchev–Trinajstić information content (AvgIpc) is 2.45. The molecule has 0 heterocycles. The molecule has 1 aromatic rings. The fraction of sp³-hybridized carbons (Fsp3) is 0.632. The molecular formula is C19H30N2O. The Hall–Kier alpha value is -1.35. The average molecular weight is 302 g/mol. The predicted octanol–water partition coefficient (Wildman–Crippen LogP) is 4.34. The molecule has 3 nitrogen and oxygen atoms in total. The quantitative estimate of drug-likeness (QED) is 0.868. The number of carbonyl (C=O) groups excluding carboxylic acids is 1. The zero-order valence-electron chi connectivity index (χ0n) is 14.4. The molecule has 22 heavy (non-hydrogen) atoms. The molecule has 1 aromatic carbocycles. The predicted molar refractivity (Wildman–Crippen MR) is 92.8 cm³/mol. The Morgan fingerprint density at radius 2 is 1.77 bits per heavy atom. The minimum absolute atomic E-state index is 0.0268. The molecule has 3 heteroatoms. The molecule has 122 valence electrons. The summed E-state index contributed by atoms with van der Waals surface area (Å²) in [4.78, 5) is 11.0. The van der Waals surface area contributed by atoms with Crippen LogP contribution in [0.5, 0.6) is 0 Å². The van der Waals surface area contributed by atoms with Crippen molar-refractivity contribution in [3.8, 4) is 0 Å². The molecule has 2 rings (SSSR count). The lowest BCUT2D eigenvalue weighted by molar-refractivity contribution is -0.114. The number of amides is 1. The van der Waals surface area contributed by atoms with E-state index in [1.807, 2.05) is 12.1 Å². The topological polar surface area (TPSA) is 41.1 Å². The Bertz CT molecular complexity index is 487. The number of nitrogens with one attached hydrogen (secondary N) is 2. The molecular weight excluding hydrogens is 272 g/mol. The van der Waals surface area contributed by atoms with Crippen molar-refractivity contribution in [1.29, 1.82) is 0 Å². The monoisotopic (exact) mass is 302 g/mol. The highest BCUT2D eigenvalue weighted by molar-refractivity contribution is 5.88. The first-order valence-electron chi connectivity index (χ1n) is 8.46. The molecule has 0 spiro atoms. The number of benzene rings is 1. The highest BCUT2D eigenvalue weighted by Crippen LogP contribution is 2.38. The number of carbonyl (C=O) groups is 1. The largest absolute Gasteiger partial charge is 0.326 e. The van der Waals surface area contributed by atoms with Crippen LogP contribution in [0, 0.1) is 11.3 Å². The van der Waals surface area contributed by atoms with Crippen LogP contribution in [0.2, 0.25) is 0 Å². The van der Waals surface area contributed by atoms with Crippen molar-refractivity contribution < 1.29 is 4.79 Å². The second-order valence-corrected chi connectivity index (χ2v) is 7.62. The first-order chi connectivity index (χ1) is 10.4. The number of hydrogen-bond donors (Lipinski definition) is 2. The zero-order chi connectivity index (χ0) is 16.2. The van der Waals surface area contributed by atoms with Crippen LogP contribution in [0.15, 0.2) is 24.3 Å². The summed E-state index contributed by atoms with van der Waals surface area (Å²) < 4.78 is 0. The van der Waals surface area contributed by atoms with E-state index < -0.39 is 0 Å². The molecule has 0 bridgehead atoms. The molecule has 1 amide bonds. The van der Waals surface area contributed by atoms with Crippen molar-refractivity contribution in [2.45, 2.75) is 66.0 Å². The first-order valence-corrected chi connectivity index (χ1v) is 8.46. The molecule has 0 unspecified atom stereocenters. The van der Waals surface area contributed by atoms with Gasteiger partial charge in [0.2, 0.25) is 5.91 Å². The maximum atomic E-state index is 11.0. The van der Waals surface area contributed by atoms with E-state index in [0.29, 0.717) is 11.5 Å². The van der Waals surface area contributed by atoms with E-state index in [1.54, 1.807) is 0 Å². The molecule has 0 radical (unpaired) electrons. The molecule has 1 aliphatic carbocycles. The number of anilines is 1. The van der Waals surface area contributed by atoms with E-state index in [9.17, 15) is 4.79 Å². The van der Waals surface area contributed by atoms with Gasteiger partial charge in [0.15, 0.2) is 0 Å². The van der Waals surface area contributed by atoms with Gasteiger partial charge in [-0.15, -0.1) is 0 Å². The minimum atomic E-state index is -0.0268. The van der Waals surface area contributed by atoms with Gasteiger partial charge < -0.3 is 10.6 Å². The van der Waals surface area contributed by atoms with Gasteiger partial charge in [-0.25, -0.2) is 0 Å². The van der Waals surface area contributed by atoms with Crippen molar-refractivity contribution in [3.63, 3.8) is 0 Å². The third kappa shape index (κ3) is 4.84. The number of rotatable bonds is 4. The summed E-state index contributed by atoms with van der Waals surface area (Å²) in [7, 11) is 0. The van der Waals surface area contributed by atoms with E-state index in [2.05, 4.69) is 43.5 Å². The second-order valence-electron chi connectivity index (χ2n) is 7.62. The Morgan fingerprint density at radius 1 is 1.14 bits per heavy atom. The van der Waals surface area contributed by atoms with Gasteiger partial charge in [-0.05, 0) is 41.9 Å². The summed E-state index contributed by atoms with van der Waals surface area (Å²) in [5.41, 5.74) is 2.50. The molecule has 1 fully saturated rings. The smallest absolute Gasteiger partial charge is 0.221 e. The molecule has 1 saturated carbocycles. The van der Waals surface area contributed by atoms with Gasteiger partial charge in [-0.1, -0.05) is 45.7 Å². The SMILES string of the molecule is CC(=O)Nc1ccc(CN[C@H]2CCCC[C@@H]2C(C)(C)C)cc1.